The summed E-state index contributed by atoms with van der Waals surface area (Å²) in [6, 6.07) is 10.3. The van der Waals surface area contributed by atoms with Gasteiger partial charge in [0.2, 0.25) is 5.88 Å². The smallest absolute Gasteiger partial charge is 0.245 e. The summed E-state index contributed by atoms with van der Waals surface area (Å²) >= 11 is 1.08. The van der Waals surface area contributed by atoms with Crippen LogP contribution in [0, 0.1) is 0 Å². The minimum Gasteiger partial charge on any atom is -0.473 e. The molecule has 19 heavy (non-hydrogen) atoms. The number of aromatic nitrogens is 2. The van der Waals surface area contributed by atoms with Gasteiger partial charge in [-0.05, 0) is 12.5 Å². The van der Waals surface area contributed by atoms with E-state index in [4.69, 9.17) is 4.74 Å². The SMILES string of the molecule is C[C@@H](NCC(O)COc1cnsn1)c1ccccc1. The zero-order chi connectivity index (χ0) is 13.5. The third kappa shape index (κ3) is 4.59. The Balaban J connectivity index is 1.70. The molecule has 0 bridgehead atoms. The first kappa shape index (κ1) is 13.9. The fourth-order valence-corrected chi connectivity index (χ4v) is 2.00. The molecule has 0 fully saturated rings. The molecule has 1 unspecified atom stereocenters. The van der Waals surface area contributed by atoms with Crippen molar-refractivity contribution in [2.45, 2.75) is 19.1 Å². The van der Waals surface area contributed by atoms with Crippen LogP contribution in [0.15, 0.2) is 36.5 Å². The van der Waals surface area contributed by atoms with E-state index >= 15 is 0 Å². The number of hydrogen-bond donors (Lipinski definition) is 2. The largest absolute Gasteiger partial charge is 0.473 e. The Bertz CT molecular complexity index is 464. The summed E-state index contributed by atoms with van der Waals surface area (Å²) < 4.78 is 13.0. The van der Waals surface area contributed by atoms with Crippen LogP contribution in [0.1, 0.15) is 18.5 Å². The molecule has 2 rings (SSSR count). The fourth-order valence-electron chi connectivity index (χ4n) is 1.63. The quantitative estimate of drug-likeness (QED) is 0.806. The van der Waals surface area contributed by atoms with Gasteiger partial charge in [0, 0.05) is 12.6 Å². The molecule has 1 heterocycles. The summed E-state index contributed by atoms with van der Waals surface area (Å²) in [6.07, 6.45) is 0.963. The molecule has 102 valence electrons. The van der Waals surface area contributed by atoms with Gasteiger partial charge in [0.25, 0.3) is 0 Å². The first-order valence-electron chi connectivity index (χ1n) is 6.12. The minimum atomic E-state index is -0.576. The Kier molecular flexibility index (Phi) is 5.26. The van der Waals surface area contributed by atoms with Crippen LogP contribution in [0.4, 0.5) is 0 Å². The predicted octanol–water partition coefficient (Wildman–Crippen LogP) is 1.63. The molecular formula is C13H17N3O2S. The van der Waals surface area contributed by atoms with Crippen LogP contribution in [0.2, 0.25) is 0 Å². The van der Waals surface area contributed by atoms with Crippen molar-refractivity contribution in [3.63, 3.8) is 0 Å². The van der Waals surface area contributed by atoms with Gasteiger partial charge in [0.15, 0.2) is 0 Å². The van der Waals surface area contributed by atoms with Crippen molar-refractivity contribution in [2.24, 2.45) is 0 Å². The molecule has 1 aromatic carbocycles. The molecule has 0 radical (unpaired) electrons. The molecular weight excluding hydrogens is 262 g/mol. The third-order valence-corrected chi connectivity index (χ3v) is 3.19. The number of benzene rings is 1. The van der Waals surface area contributed by atoms with E-state index in [0.29, 0.717) is 12.4 Å². The zero-order valence-corrected chi connectivity index (χ0v) is 11.5. The van der Waals surface area contributed by atoms with E-state index in [0.717, 1.165) is 11.7 Å². The summed E-state index contributed by atoms with van der Waals surface area (Å²) in [7, 11) is 0. The van der Waals surface area contributed by atoms with Gasteiger partial charge in [0.1, 0.15) is 18.9 Å². The van der Waals surface area contributed by atoms with E-state index in [1.165, 1.54) is 11.8 Å². The lowest BCUT2D eigenvalue weighted by molar-refractivity contribution is 0.102. The molecule has 0 aliphatic rings. The maximum Gasteiger partial charge on any atom is 0.245 e. The van der Waals surface area contributed by atoms with Gasteiger partial charge < -0.3 is 15.2 Å². The van der Waals surface area contributed by atoms with Crippen LogP contribution in [0.5, 0.6) is 5.88 Å². The molecule has 2 atom stereocenters. The van der Waals surface area contributed by atoms with Crippen molar-refractivity contribution in [3.8, 4) is 5.88 Å². The molecule has 0 amide bonds. The molecule has 2 aromatic rings. The van der Waals surface area contributed by atoms with E-state index in [1.54, 1.807) is 0 Å². The Morgan fingerprint density at radius 2 is 2.16 bits per heavy atom. The summed E-state index contributed by atoms with van der Waals surface area (Å²) in [6.45, 7) is 2.74. The Morgan fingerprint density at radius 1 is 1.37 bits per heavy atom. The first-order chi connectivity index (χ1) is 9.25. The van der Waals surface area contributed by atoms with Crippen LogP contribution in [0.25, 0.3) is 0 Å². The lowest BCUT2D eigenvalue weighted by Gasteiger charge is -2.17. The second-order valence-corrected chi connectivity index (χ2v) is 4.81. The van der Waals surface area contributed by atoms with Gasteiger partial charge >= 0.3 is 0 Å². The number of hydrogen-bond acceptors (Lipinski definition) is 6. The van der Waals surface area contributed by atoms with Crippen molar-refractivity contribution in [1.82, 2.24) is 14.1 Å². The van der Waals surface area contributed by atoms with Crippen molar-refractivity contribution in [3.05, 3.63) is 42.1 Å². The van der Waals surface area contributed by atoms with E-state index in [2.05, 4.69) is 33.1 Å². The maximum atomic E-state index is 9.81. The van der Waals surface area contributed by atoms with E-state index in [-0.39, 0.29) is 12.6 Å². The van der Waals surface area contributed by atoms with Crippen LogP contribution < -0.4 is 10.1 Å². The van der Waals surface area contributed by atoms with E-state index < -0.39 is 6.10 Å². The highest BCUT2D eigenvalue weighted by Gasteiger charge is 2.09. The maximum absolute atomic E-state index is 9.81. The fraction of sp³-hybridized carbons (Fsp3) is 0.385. The van der Waals surface area contributed by atoms with Crippen molar-refractivity contribution in [1.29, 1.82) is 0 Å². The van der Waals surface area contributed by atoms with Gasteiger partial charge in [0.05, 0.1) is 11.7 Å². The van der Waals surface area contributed by atoms with Crippen LogP contribution in [0.3, 0.4) is 0 Å². The van der Waals surface area contributed by atoms with Gasteiger partial charge in [-0.3, -0.25) is 0 Å². The Hall–Kier alpha value is -1.50. The highest BCUT2D eigenvalue weighted by atomic mass is 32.1. The standard InChI is InChI=1S/C13H17N3O2S/c1-10(11-5-3-2-4-6-11)14-7-12(17)9-18-13-8-15-19-16-13/h2-6,8,10,12,14,17H,7,9H2,1H3/t10-,12?/m1/s1. The van der Waals surface area contributed by atoms with Gasteiger partial charge in [-0.15, -0.1) is 4.37 Å². The number of aliphatic hydroxyl groups is 1. The highest BCUT2D eigenvalue weighted by molar-refractivity contribution is 6.99. The normalized spacial score (nSPS) is 14.0. The monoisotopic (exact) mass is 279 g/mol. The highest BCUT2D eigenvalue weighted by Crippen LogP contribution is 2.11. The van der Waals surface area contributed by atoms with Crippen molar-refractivity contribution >= 4 is 11.7 Å². The van der Waals surface area contributed by atoms with Crippen LogP contribution in [-0.2, 0) is 0 Å². The Morgan fingerprint density at radius 3 is 2.84 bits per heavy atom. The topological polar surface area (TPSA) is 67.3 Å². The minimum absolute atomic E-state index is 0.191. The summed E-state index contributed by atoms with van der Waals surface area (Å²) in [4.78, 5) is 0. The lowest BCUT2D eigenvalue weighted by atomic mass is 10.1. The third-order valence-electron chi connectivity index (χ3n) is 2.72. The van der Waals surface area contributed by atoms with E-state index in [1.807, 2.05) is 18.2 Å². The molecule has 1 aromatic heterocycles. The summed E-state index contributed by atoms with van der Waals surface area (Å²) in [5, 5.41) is 13.1. The molecule has 0 aliphatic heterocycles. The van der Waals surface area contributed by atoms with Gasteiger partial charge in [-0.25, -0.2) is 0 Å². The molecule has 0 saturated heterocycles. The lowest BCUT2D eigenvalue weighted by Crippen LogP contribution is -2.33. The molecule has 6 heteroatoms. The molecule has 0 aliphatic carbocycles. The summed E-state index contributed by atoms with van der Waals surface area (Å²) in [5.41, 5.74) is 1.19. The zero-order valence-electron chi connectivity index (χ0n) is 10.7. The number of ether oxygens (including phenoxy) is 1. The average molecular weight is 279 g/mol. The first-order valence-corrected chi connectivity index (χ1v) is 6.85. The van der Waals surface area contributed by atoms with Crippen molar-refractivity contribution in [2.75, 3.05) is 13.2 Å². The van der Waals surface area contributed by atoms with Crippen molar-refractivity contribution < 1.29 is 9.84 Å². The van der Waals surface area contributed by atoms with Gasteiger partial charge in [-0.2, -0.15) is 4.37 Å². The van der Waals surface area contributed by atoms with Gasteiger partial charge in [-0.1, -0.05) is 30.3 Å². The number of nitrogens with zero attached hydrogens (tertiary/aromatic N) is 2. The van der Waals surface area contributed by atoms with Crippen LogP contribution in [-0.4, -0.2) is 33.1 Å². The number of nitrogens with one attached hydrogen (secondary N) is 1. The second kappa shape index (κ2) is 7.18. The molecule has 0 spiro atoms. The van der Waals surface area contributed by atoms with Crippen LogP contribution >= 0.6 is 11.7 Å². The molecule has 0 saturated carbocycles. The molecule has 5 nitrogen and oxygen atoms in total. The average Bonchev–Trinajstić information content (AvgIpc) is 2.96. The number of aliphatic hydroxyl groups excluding tert-OH is 1. The predicted molar refractivity (Wildman–Crippen MR) is 74.3 cm³/mol. The Labute approximate surface area is 116 Å². The molecule has 2 N–H and O–H groups in total. The number of rotatable bonds is 7. The van der Waals surface area contributed by atoms with E-state index in [9.17, 15) is 5.11 Å². The second-order valence-electron chi connectivity index (χ2n) is 4.25. The summed E-state index contributed by atoms with van der Waals surface area (Å²) in [5.74, 6) is 0.458.